The molecular formula is C27H46N2O4S. The Morgan fingerprint density at radius 1 is 0.971 bits per heavy atom. The summed E-state index contributed by atoms with van der Waals surface area (Å²) in [6, 6.07) is 0. The van der Waals surface area contributed by atoms with E-state index in [0.29, 0.717) is 56.3 Å². The van der Waals surface area contributed by atoms with E-state index in [1.165, 1.54) is 49.1 Å². The molecule has 4 aliphatic carbocycles. The number of piperazine rings is 1. The molecule has 1 saturated heterocycles. The number of carbonyl (C=O) groups is 1. The third-order valence-corrected chi connectivity index (χ3v) is 12.8. The lowest BCUT2D eigenvalue weighted by atomic mass is 9.48. The largest absolute Gasteiger partial charge is 0.390 e. The lowest BCUT2D eigenvalue weighted by Crippen LogP contribution is -2.53. The van der Waals surface area contributed by atoms with E-state index in [1.54, 1.807) is 0 Å². The second-order valence-electron chi connectivity index (χ2n) is 13.2. The van der Waals surface area contributed by atoms with Gasteiger partial charge in [-0.15, -0.1) is 0 Å². The SMILES string of the molecule is C[C@@H]1C[C@H]2[C@@H](CC[C@@H]3[C@@H]2CC[C@]2(C)[C@@H](C(=O)CN4CCN(S(C)(=O)=O)CC4)CC[C@@H]32)C[C@]1(C)O. The maximum atomic E-state index is 13.6. The van der Waals surface area contributed by atoms with E-state index < -0.39 is 15.6 Å². The Kier molecular flexibility index (Phi) is 6.52. The van der Waals surface area contributed by atoms with Crippen molar-refractivity contribution in [3.63, 3.8) is 0 Å². The van der Waals surface area contributed by atoms with E-state index in [4.69, 9.17) is 0 Å². The first-order valence-corrected chi connectivity index (χ1v) is 15.7. The number of aliphatic hydroxyl groups is 1. The van der Waals surface area contributed by atoms with Crippen molar-refractivity contribution in [3.05, 3.63) is 0 Å². The first-order chi connectivity index (χ1) is 15.9. The molecule has 0 spiro atoms. The van der Waals surface area contributed by atoms with Gasteiger partial charge in [0.2, 0.25) is 10.0 Å². The molecule has 7 heteroatoms. The predicted molar refractivity (Wildman–Crippen MR) is 134 cm³/mol. The van der Waals surface area contributed by atoms with Gasteiger partial charge >= 0.3 is 0 Å². The van der Waals surface area contributed by atoms with Crippen LogP contribution in [0.2, 0.25) is 0 Å². The van der Waals surface area contributed by atoms with Crippen molar-refractivity contribution >= 4 is 15.8 Å². The molecule has 5 aliphatic rings. The Morgan fingerprint density at radius 3 is 2.35 bits per heavy atom. The minimum atomic E-state index is -3.14. The van der Waals surface area contributed by atoms with Gasteiger partial charge in [-0.3, -0.25) is 9.69 Å². The monoisotopic (exact) mass is 494 g/mol. The van der Waals surface area contributed by atoms with Crippen LogP contribution in [0.5, 0.6) is 0 Å². The number of rotatable bonds is 4. The summed E-state index contributed by atoms with van der Waals surface area (Å²) in [7, 11) is -3.14. The predicted octanol–water partition coefficient (Wildman–Crippen LogP) is 3.40. The molecule has 5 rings (SSSR count). The summed E-state index contributed by atoms with van der Waals surface area (Å²) in [5.41, 5.74) is -0.375. The van der Waals surface area contributed by atoms with Gasteiger partial charge < -0.3 is 5.11 Å². The lowest BCUT2D eigenvalue weighted by Gasteiger charge is -2.58. The van der Waals surface area contributed by atoms with Gasteiger partial charge in [0, 0.05) is 32.1 Å². The zero-order valence-corrected chi connectivity index (χ0v) is 22.5. The number of Topliss-reactive ketones (excluding diaryl/α,β-unsaturated/α-hetero) is 1. The molecule has 4 saturated carbocycles. The van der Waals surface area contributed by atoms with Gasteiger partial charge in [-0.1, -0.05) is 13.8 Å². The number of hydrogen-bond acceptors (Lipinski definition) is 5. The van der Waals surface area contributed by atoms with Crippen LogP contribution in [-0.4, -0.2) is 73.1 Å². The topological polar surface area (TPSA) is 77.9 Å². The summed E-state index contributed by atoms with van der Waals surface area (Å²) in [5, 5.41) is 10.9. The third kappa shape index (κ3) is 4.31. The second kappa shape index (κ2) is 8.81. The van der Waals surface area contributed by atoms with Crippen molar-refractivity contribution in [1.82, 2.24) is 9.21 Å². The lowest BCUT2D eigenvalue weighted by molar-refractivity contribution is -0.137. The van der Waals surface area contributed by atoms with E-state index in [2.05, 4.69) is 18.7 Å². The fourth-order valence-corrected chi connectivity index (χ4v) is 10.2. The highest BCUT2D eigenvalue weighted by Gasteiger charge is 2.59. The standard InChI is InChI=1S/C27H46N2O4S/c1-18-15-22-19(16-27(18,3)31)5-6-21-20(22)9-10-26(2)23(21)7-8-24(26)25(30)17-28-11-13-29(14-12-28)34(4,32)33/h18-24,31H,5-17H2,1-4H3/t18-,19+,20+,21-,22+,23+,24-,26+,27+/m1/s1. The maximum absolute atomic E-state index is 13.6. The van der Waals surface area contributed by atoms with Gasteiger partial charge in [0.1, 0.15) is 5.78 Å². The molecule has 1 heterocycles. The Labute approximate surface area is 206 Å². The quantitative estimate of drug-likeness (QED) is 0.648. The van der Waals surface area contributed by atoms with E-state index in [-0.39, 0.29) is 11.3 Å². The van der Waals surface area contributed by atoms with Gasteiger partial charge in [-0.2, -0.15) is 4.31 Å². The fourth-order valence-electron chi connectivity index (χ4n) is 9.33. The molecule has 0 radical (unpaired) electrons. The van der Waals surface area contributed by atoms with Crippen molar-refractivity contribution in [2.75, 3.05) is 39.0 Å². The normalized spacial score (nSPS) is 48.1. The molecular weight excluding hydrogens is 448 g/mol. The average molecular weight is 495 g/mol. The third-order valence-electron chi connectivity index (χ3n) is 11.4. The Hall–Kier alpha value is -0.500. The molecule has 194 valence electrons. The van der Waals surface area contributed by atoms with Crippen LogP contribution in [0.15, 0.2) is 0 Å². The van der Waals surface area contributed by atoms with E-state index >= 15 is 0 Å². The molecule has 5 fully saturated rings. The van der Waals surface area contributed by atoms with Crippen molar-refractivity contribution in [1.29, 1.82) is 0 Å². The highest BCUT2D eigenvalue weighted by Crippen LogP contribution is 2.65. The molecule has 0 aromatic heterocycles. The Morgan fingerprint density at radius 2 is 1.68 bits per heavy atom. The van der Waals surface area contributed by atoms with Gasteiger partial charge in [-0.25, -0.2) is 8.42 Å². The van der Waals surface area contributed by atoms with Crippen LogP contribution in [0, 0.1) is 46.8 Å². The molecule has 0 bridgehead atoms. The minimum Gasteiger partial charge on any atom is -0.390 e. The summed E-state index contributed by atoms with van der Waals surface area (Å²) >= 11 is 0. The van der Waals surface area contributed by atoms with E-state index in [1.807, 2.05) is 6.92 Å². The zero-order valence-electron chi connectivity index (χ0n) is 21.7. The number of sulfonamides is 1. The smallest absolute Gasteiger partial charge is 0.211 e. The highest BCUT2D eigenvalue weighted by atomic mass is 32.2. The van der Waals surface area contributed by atoms with Crippen LogP contribution in [-0.2, 0) is 14.8 Å². The average Bonchev–Trinajstić information content (AvgIpc) is 3.11. The molecule has 34 heavy (non-hydrogen) atoms. The molecule has 1 N–H and O–H groups in total. The first-order valence-electron chi connectivity index (χ1n) is 13.8. The number of ketones is 1. The Balaban J connectivity index is 1.23. The van der Waals surface area contributed by atoms with Crippen LogP contribution in [0.25, 0.3) is 0 Å². The molecule has 1 aliphatic heterocycles. The number of fused-ring (bicyclic) bond motifs is 5. The van der Waals surface area contributed by atoms with Crippen molar-refractivity contribution in [2.24, 2.45) is 46.8 Å². The summed E-state index contributed by atoms with van der Waals surface area (Å²) < 4.78 is 25.1. The van der Waals surface area contributed by atoms with Gasteiger partial charge in [-0.05, 0) is 99.2 Å². The number of nitrogens with zero attached hydrogens (tertiary/aromatic N) is 2. The zero-order chi connectivity index (χ0) is 24.5. The van der Waals surface area contributed by atoms with Gasteiger partial charge in [0.15, 0.2) is 0 Å². The summed E-state index contributed by atoms with van der Waals surface area (Å²) in [6.07, 6.45) is 10.6. The van der Waals surface area contributed by atoms with Crippen LogP contribution < -0.4 is 0 Å². The first kappa shape index (κ1) is 25.2. The molecule has 0 amide bonds. The molecule has 0 unspecified atom stereocenters. The number of hydrogen-bond donors (Lipinski definition) is 1. The highest BCUT2D eigenvalue weighted by molar-refractivity contribution is 7.88. The van der Waals surface area contributed by atoms with E-state index in [9.17, 15) is 18.3 Å². The van der Waals surface area contributed by atoms with Crippen molar-refractivity contribution in [2.45, 2.75) is 77.7 Å². The Bertz CT molecular complexity index is 896. The van der Waals surface area contributed by atoms with Gasteiger partial charge in [0.05, 0.1) is 18.4 Å². The van der Waals surface area contributed by atoms with Crippen LogP contribution in [0.1, 0.15) is 72.1 Å². The van der Waals surface area contributed by atoms with Crippen molar-refractivity contribution < 1.29 is 18.3 Å². The van der Waals surface area contributed by atoms with E-state index in [0.717, 1.165) is 30.6 Å². The summed E-state index contributed by atoms with van der Waals surface area (Å²) in [5.74, 6) is 4.59. The van der Waals surface area contributed by atoms with Gasteiger partial charge in [0.25, 0.3) is 0 Å². The van der Waals surface area contributed by atoms with Crippen LogP contribution in [0.3, 0.4) is 0 Å². The summed E-state index contributed by atoms with van der Waals surface area (Å²) in [6.45, 7) is 9.49. The maximum Gasteiger partial charge on any atom is 0.211 e. The molecule has 0 aromatic rings. The second-order valence-corrected chi connectivity index (χ2v) is 15.2. The van der Waals surface area contributed by atoms with Crippen LogP contribution >= 0.6 is 0 Å². The minimum absolute atomic E-state index is 0.130. The number of carbonyl (C=O) groups excluding carboxylic acids is 1. The van der Waals surface area contributed by atoms with Crippen LogP contribution in [0.4, 0.5) is 0 Å². The fraction of sp³-hybridized carbons (Fsp3) is 0.963. The summed E-state index contributed by atoms with van der Waals surface area (Å²) in [4.78, 5) is 15.7. The molecule has 9 atom stereocenters. The molecule has 0 aromatic carbocycles. The molecule has 6 nitrogen and oxygen atoms in total. The van der Waals surface area contributed by atoms with Crippen molar-refractivity contribution in [3.8, 4) is 0 Å².